The third-order valence-electron chi connectivity index (χ3n) is 4.73. The van der Waals surface area contributed by atoms with Crippen LogP contribution in [0.5, 0.6) is 11.5 Å². The summed E-state index contributed by atoms with van der Waals surface area (Å²) in [6, 6.07) is 20.6. The first-order valence-electron chi connectivity index (χ1n) is 9.01. The summed E-state index contributed by atoms with van der Waals surface area (Å²) in [4.78, 5) is 26.6. The molecule has 0 spiro atoms. The molecule has 144 valence electrons. The Morgan fingerprint density at radius 2 is 1.38 bits per heavy atom. The minimum atomic E-state index is -0.405. The zero-order valence-electron chi connectivity index (χ0n) is 16.0. The molecular weight excluding hydrogens is 368 g/mol. The minimum Gasteiger partial charge on any atom is -0.497 e. The van der Waals surface area contributed by atoms with Crippen LogP contribution in [-0.4, -0.2) is 20.0 Å². The van der Waals surface area contributed by atoms with Crippen LogP contribution in [0.1, 0.15) is 15.9 Å². The number of hydrogen-bond donors (Lipinski definition) is 0. The monoisotopic (exact) mass is 386 g/mol. The summed E-state index contributed by atoms with van der Waals surface area (Å²) in [6.07, 6.45) is 0. The van der Waals surface area contributed by atoms with Crippen LogP contribution in [0, 0.1) is 0 Å². The van der Waals surface area contributed by atoms with Crippen molar-refractivity contribution in [3.8, 4) is 22.8 Å². The van der Waals surface area contributed by atoms with Crippen LogP contribution < -0.4 is 14.9 Å². The number of ether oxygens (including phenoxy) is 2. The molecule has 0 bridgehead atoms. The largest absolute Gasteiger partial charge is 0.497 e. The lowest BCUT2D eigenvalue weighted by Crippen LogP contribution is -2.18. The fourth-order valence-electron chi connectivity index (χ4n) is 3.18. The van der Waals surface area contributed by atoms with Crippen LogP contribution in [0.3, 0.4) is 0 Å². The predicted molar refractivity (Wildman–Crippen MR) is 111 cm³/mol. The molecular formula is C24H18O5. The van der Waals surface area contributed by atoms with Gasteiger partial charge in [0.1, 0.15) is 28.4 Å². The minimum absolute atomic E-state index is 0.000895. The summed E-state index contributed by atoms with van der Waals surface area (Å²) in [5.74, 6) is 1.12. The number of methoxy groups -OCH3 is 2. The number of fused-ring (bicyclic) bond motifs is 1. The maximum Gasteiger partial charge on any atom is 0.204 e. The van der Waals surface area contributed by atoms with E-state index in [4.69, 9.17) is 13.9 Å². The average Bonchev–Trinajstić information content (AvgIpc) is 2.79. The quantitative estimate of drug-likeness (QED) is 0.465. The number of carbonyl (C=O) groups is 1. The standard InChI is InChI=1S/C24H18O5/c1-27-17-11-7-15(8-12-17)22(25)21-23(26)19-5-3-4-6-20(19)29-24(21)16-9-13-18(28-2)14-10-16/h3-14H,1-2H3. The summed E-state index contributed by atoms with van der Waals surface area (Å²) in [5, 5.41) is 0.363. The Hall–Kier alpha value is -3.86. The molecule has 0 N–H and O–H groups in total. The van der Waals surface area contributed by atoms with Gasteiger partial charge in [-0.3, -0.25) is 9.59 Å². The van der Waals surface area contributed by atoms with Crippen molar-refractivity contribution in [2.24, 2.45) is 0 Å². The fraction of sp³-hybridized carbons (Fsp3) is 0.0833. The van der Waals surface area contributed by atoms with Crippen LogP contribution in [-0.2, 0) is 0 Å². The molecule has 0 amide bonds. The number of para-hydroxylation sites is 1. The number of benzene rings is 3. The van der Waals surface area contributed by atoms with Gasteiger partial charge in [0, 0.05) is 11.1 Å². The Morgan fingerprint density at radius 3 is 2.00 bits per heavy atom. The SMILES string of the molecule is COc1ccc(C(=O)c2c(-c3ccc(OC)cc3)oc3ccccc3c2=O)cc1. The first-order chi connectivity index (χ1) is 14.1. The molecule has 1 heterocycles. The lowest BCUT2D eigenvalue weighted by Gasteiger charge is -2.10. The summed E-state index contributed by atoms with van der Waals surface area (Å²) >= 11 is 0. The van der Waals surface area contributed by atoms with E-state index >= 15 is 0 Å². The van der Waals surface area contributed by atoms with Crippen LogP contribution in [0.2, 0.25) is 0 Å². The van der Waals surface area contributed by atoms with Gasteiger partial charge in [0.05, 0.1) is 19.6 Å². The molecule has 0 radical (unpaired) electrons. The van der Waals surface area contributed by atoms with Gasteiger partial charge in [-0.2, -0.15) is 0 Å². The fourth-order valence-corrected chi connectivity index (χ4v) is 3.18. The number of carbonyl (C=O) groups excluding carboxylic acids is 1. The maximum atomic E-state index is 13.3. The second kappa shape index (κ2) is 7.64. The van der Waals surface area contributed by atoms with E-state index in [-0.39, 0.29) is 16.8 Å². The molecule has 5 nitrogen and oxygen atoms in total. The van der Waals surface area contributed by atoms with E-state index in [0.717, 1.165) is 0 Å². The highest BCUT2D eigenvalue weighted by Crippen LogP contribution is 2.29. The average molecular weight is 386 g/mol. The molecule has 0 unspecified atom stereocenters. The molecule has 5 heteroatoms. The number of ketones is 1. The lowest BCUT2D eigenvalue weighted by atomic mass is 9.97. The molecule has 0 atom stereocenters. The Morgan fingerprint density at radius 1 is 0.793 bits per heavy atom. The Balaban J connectivity index is 1.95. The zero-order chi connectivity index (χ0) is 20.4. The van der Waals surface area contributed by atoms with Crippen molar-refractivity contribution in [2.75, 3.05) is 14.2 Å². The molecule has 4 rings (SSSR count). The van der Waals surface area contributed by atoms with Gasteiger partial charge < -0.3 is 13.9 Å². The molecule has 0 saturated heterocycles. The molecule has 1 aromatic heterocycles. The Labute approximate surface area is 167 Å². The summed E-state index contributed by atoms with van der Waals surface area (Å²) in [6.45, 7) is 0. The van der Waals surface area contributed by atoms with E-state index in [2.05, 4.69) is 0 Å². The van der Waals surface area contributed by atoms with Crippen molar-refractivity contribution in [1.29, 1.82) is 0 Å². The van der Waals surface area contributed by atoms with Crippen LogP contribution in [0.15, 0.2) is 82.0 Å². The molecule has 0 fully saturated rings. The molecule has 4 aromatic rings. The molecule has 3 aromatic carbocycles. The molecule has 0 aliphatic carbocycles. The number of rotatable bonds is 5. The van der Waals surface area contributed by atoms with Crippen molar-refractivity contribution in [1.82, 2.24) is 0 Å². The molecule has 0 aliphatic heterocycles. The van der Waals surface area contributed by atoms with Gasteiger partial charge in [0.2, 0.25) is 11.2 Å². The van der Waals surface area contributed by atoms with Gasteiger partial charge in [0.25, 0.3) is 0 Å². The summed E-state index contributed by atoms with van der Waals surface area (Å²) in [5.41, 5.74) is 1.06. The smallest absolute Gasteiger partial charge is 0.204 e. The summed E-state index contributed by atoms with van der Waals surface area (Å²) < 4.78 is 16.4. The highest BCUT2D eigenvalue weighted by atomic mass is 16.5. The van der Waals surface area contributed by atoms with Crippen molar-refractivity contribution in [3.63, 3.8) is 0 Å². The van der Waals surface area contributed by atoms with Crippen molar-refractivity contribution in [3.05, 3.63) is 94.1 Å². The molecule has 0 saturated carbocycles. The molecule has 29 heavy (non-hydrogen) atoms. The van der Waals surface area contributed by atoms with E-state index in [1.165, 1.54) is 0 Å². The van der Waals surface area contributed by atoms with E-state index in [9.17, 15) is 9.59 Å². The van der Waals surface area contributed by atoms with Gasteiger partial charge in [-0.25, -0.2) is 0 Å². The van der Waals surface area contributed by atoms with Gasteiger partial charge in [-0.1, -0.05) is 12.1 Å². The predicted octanol–water partition coefficient (Wildman–Crippen LogP) is 4.71. The van der Waals surface area contributed by atoms with Gasteiger partial charge in [0.15, 0.2) is 0 Å². The number of hydrogen-bond acceptors (Lipinski definition) is 5. The highest BCUT2D eigenvalue weighted by molar-refractivity contribution is 6.13. The first-order valence-corrected chi connectivity index (χ1v) is 9.01. The highest BCUT2D eigenvalue weighted by Gasteiger charge is 2.23. The van der Waals surface area contributed by atoms with E-state index < -0.39 is 5.78 Å². The second-order valence-corrected chi connectivity index (χ2v) is 6.42. The molecule has 0 aliphatic rings. The topological polar surface area (TPSA) is 65.7 Å². The van der Waals surface area contributed by atoms with Crippen molar-refractivity contribution in [2.45, 2.75) is 0 Å². The van der Waals surface area contributed by atoms with E-state index in [0.29, 0.717) is 33.6 Å². The summed E-state index contributed by atoms with van der Waals surface area (Å²) in [7, 11) is 3.13. The van der Waals surface area contributed by atoms with E-state index in [1.807, 2.05) is 0 Å². The normalized spacial score (nSPS) is 10.7. The third-order valence-corrected chi connectivity index (χ3v) is 4.73. The van der Waals surface area contributed by atoms with Gasteiger partial charge in [-0.15, -0.1) is 0 Å². The zero-order valence-corrected chi connectivity index (χ0v) is 16.0. The van der Waals surface area contributed by atoms with Gasteiger partial charge in [-0.05, 0) is 60.7 Å². The lowest BCUT2D eigenvalue weighted by molar-refractivity contribution is 0.103. The second-order valence-electron chi connectivity index (χ2n) is 6.42. The van der Waals surface area contributed by atoms with Crippen molar-refractivity contribution >= 4 is 16.8 Å². The van der Waals surface area contributed by atoms with Gasteiger partial charge >= 0.3 is 0 Å². The Bertz CT molecular complexity index is 1240. The maximum absolute atomic E-state index is 13.3. The van der Waals surface area contributed by atoms with Crippen LogP contribution in [0.25, 0.3) is 22.3 Å². The third kappa shape index (κ3) is 3.38. The Kier molecular flexibility index (Phi) is 4.87. The van der Waals surface area contributed by atoms with Crippen molar-refractivity contribution < 1.29 is 18.7 Å². The van der Waals surface area contributed by atoms with E-state index in [1.54, 1.807) is 87.0 Å². The van der Waals surface area contributed by atoms with Crippen LogP contribution in [0.4, 0.5) is 0 Å². The van der Waals surface area contributed by atoms with Crippen LogP contribution >= 0.6 is 0 Å². The first kappa shape index (κ1) is 18.5.